The van der Waals surface area contributed by atoms with E-state index in [1.807, 2.05) is 13.1 Å². The van der Waals surface area contributed by atoms with Crippen LogP contribution < -0.4 is 5.32 Å². The number of pyridine rings is 1. The van der Waals surface area contributed by atoms with Crippen molar-refractivity contribution < 1.29 is 9.53 Å². The van der Waals surface area contributed by atoms with Gasteiger partial charge in [0.25, 0.3) is 0 Å². The molecule has 2 rings (SSSR count). The molecule has 20 heavy (non-hydrogen) atoms. The van der Waals surface area contributed by atoms with Gasteiger partial charge >= 0.3 is 6.09 Å². The summed E-state index contributed by atoms with van der Waals surface area (Å²) in [5.74, 6) is 0. The van der Waals surface area contributed by atoms with E-state index >= 15 is 0 Å². The first kappa shape index (κ1) is 15.3. The SMILES string of the molecule is CCOC(=O)N1CCC(NCc2cncc(Br)c2)CC1. The number of ether oxygens (including phenoxy) is 1. The van der Waals surface area contributed by atoms with E-state index < -0.39 is 0 Å². The third-order valence-electron chi connectivity index (χ3n) is 3.38. The third-order valence-corrected chi connectivity index (χ3v) is 3.81. The molecule has 1 N–H and O–H groups in total. The van der Waals surface area contributed by atoms with Crippen molar-refractivity contribution in [3.63, 3.8) is 0 Å². The second-order valence-corrected chi connectivity index (χ2v) is 5.77. The summed E-state index contributed by atoms with van der Waals surface area (Å²) in [6, 6.07) is 2.51. The van der Waals surface area contributed by atoms with Crippen molar-refractivity contribution >= 4 is 22.0 Å². The van der Waals surface area contributed by atoms with Crippen molar-refractivity contribution in [2.24, 2.45) is 0 Å². The lowest BCUT2D eigenvalue weighted by Gasteiger charge is -2.31. The van der Waals surface area contributed by atoms with E-state index in [0.29, 0.717) is 12.6 Å². The summed E-state index contributed by atoms with van der Waals surface area (Å²) >= 11 is 3.42. The maximum absolute atomic E-state index is 11.6. The van der Waals surface area contributed by atoms with Gasteiger partial charge in [0.05, 0.1) is 6.61 Å². The highest BCUT2D eigenvalue weighted by Crippen LogP contribution is 2.13. The Hall–Kier alpha value is -1.14. The molecule has 0 radical (unpaired) electrons. The zero-order chi connectivity index (χ0) is 14.4. The van der Waals surface area contributed by atoms with Crippen LogP contribution in [0.5, 0.6) is 0 Å². The Morgan fingerprint density at radius 1 is 1.50 bits per heavy atom. The molecule has 6 heteroatoms. The summed E-state index contributed by atoms with van der Waals surface area (Å²) in [6.45, 7) is 4.59. The van der Waals surface area contributed by atoms with Gasteiger partial charge < -0.3 is 15.0 Å². The van der Waals surface area contributed by atoms with Crippen LogP contribution in [-0.2, 0) is 11.3 Å². The summed E-state index contributed by atoms with van der Waals surface area (Å²) in [4.78, 5) is 17.5. The van der Waals surface area contributed by atoms with Gasteiger partial charge in [0.1, 0.15) is 0 Å². The Balaban J connectivity index is 1.73. The van der Waals surface area contributed by atoms with Gasteiger partial charge in [0.2, 0.25) is 0 Å². The van der Waals surface area contributed by atoms with Crippen molar-refractivity contribution in [1.29, 1.82) is 0 Å². The molecule has 1 saturated heterocycles. The molecule has 5 nitrogen and oxygen atoms in total. The number of nitrogens with one attached hydrogen (secondary N) is 1. The lowest BCUT2D eigenvalue weighted by Crippen LogP contribution is -2.44. The second kappa shape index (κ2) is 7.59. The Morgan fingerprint density at radius 2 is 2.25 bits per heavy atom. The first-order chi connectivity index (χ1) is 9.69. The smallest absolute Gasteiger partial charge is 0.409 e. The van der Waals surface area contributed by atoms with Crippen molar-refractivity contribution in [3.05, 3.63) is 28.5 Å². The maximum atomic E-state index is 11.6. The molecular formula is C14H20BrN3O2. The van der Waals surface area contributed by atoms with Gasteiger partial charge in [0, 0.05) is 42.5 Å². The molecule has 110 valence electrons. The summed E-state index contributed by atoms with van der Waals surface area (Å²) in [5, 5.41) is 3.52. The lowest BCUT2D eigenvalue weighted by molar-refractivity contribution is 0.0950. The Bertz CT molecular complexity index is 448. The molecule has 1 fully saturated rings. The van der Waals surface area contributed by atoms with Crippen LogP contribution in [0.25, 0.3) is 0 Å². The average Bonchev–Trinajstić information content (AvgIpc) is 2.46. The van der Waals surface area contributed by atoms with E-state index in [2.05, 4.69) is 32.3 Å². The van der Waals surface area contributed by atoms with Crippen LogP contribution in [0.2, 0.25) is 0 Å². The van der Waals surface area contributed by atoms with Crippen LogP contribution in [0.4, 0.5) is 4.79 Å². The third kappa shape index (κ3) is 4.45. The Morgan fingerprint density at radius 3 is 2.90 bits per heavy atom. The minimum atomic E-state index is -0.192. The number of halogens is 1. The number of hydrogen-bond donors (Lipinski definition) is 1. The molecule has 0 unspecified atom stereocenters. The average molecular weight is 342 g/mol. The fraction of sp³-hybridized carbons (Fsp3) is 0.571. The van der Waals surface area contributed by atoms with Gasteiger partial charge in [-0.15, -0.1) is 0 Å². The number of rotatable bonds is 4. The van der Waals surface area contributed by atoms with Crippen LogP contribution >= 0.6 is 15.9 Å². The summed E-state index contributed by atoms with van der Waals surface area (Å²) in [6.07, 6.45) is 5.37. The van der Waals surface area contributed by atoms with Gasteiger partial charge in [-0.1, -0.05) is 0 Å². The van der Waals surface area contributed by atoms with Crippen molar-refractivity contribution in [1.82, 2.24) is 15.2 Å². The number of hydrogen-bond acceptors (Lipinski definition) is 4. The molecule has 0 atom stereocenters. The topological polar surface area (TPSA) is 54.5 Å². The molecule has 0 aromatic carbocycles. The highest BCUT2D eigenvalue weighted by molar-refractivity contribution is 9.10. The van der Waals surface area contributed by atoms with Crippen LogP contribution in [0.15, 0.2) is 22.9 Å². The number of carbonyl (C=O) groups is 1. The fourth-order valence-corrected chi connectivity index (χ4v) is 2.71. The molecule has 0 spiro atoms. The number of carbonyl (C=O) groups excluding carboxylic acids is 1. The maximum Gasteiger partial charge on any atom is 0.409 e. The predicted molar refractivity (Wildman–Crippen MR) is 80.4 cm³/mol. The summed E-state index contributed by atoms with van der Waals surface area (Å²) in [7, 11) is 0. The summed E-state index contributed by atoms with van der Waals surface area (Å²) in [5.41, 5.74) is 1.16. The van der Waals surface area contributed by atoms with Crippen LogP contribution in [0.1, 0.15) is 25.3 Å². The number of amides is 1. The number of aromatic nitrogens is 1. The van der Waals surface area contributed by atoms with Gasteiger partial charge in [-0.25, -0.2) is 4.79 Å². The van der Waals surface area contributed by atoms with Crippen molar-refractivity contribution in [2.45, 2.75) is 32.4 Å². The van der Waals surface area contributed by atoms with E-state index in [9.17, 15) is 4.79 Å². The van der Waals surface area contributed by atoms with Gasteiger partial charge in [-0.2, -0.15) is 0 Å². The quantitative estimate of drug-likeness (QED) is 0.914. The van der Waals surface area contributed by atoms with Crippen LogP contribution in [-0.4, -0.2) is 41.7 Å². The first-order valence-corrected chi connectivity index (χ1v) is 7.73. The molecule has 1 aromatic heterocycles. The highest BCUT2D eigenvalue weighted by atomic mass is 79.9. The monoisotopic (exact) mass is 341 g/mol. The minimum Gasteiger partial charge on any atom is -0.450 e. The standard InChI is InChI=1S/C14H20BrN3O2/c1-2-20-14(19)18-5-3-13(4-6-18)17-9-11-7-12(15)10-16-8-11/h7-8,10,13,17H,2-6,9H2,1H3. The van der Waals surface area contributed by atoms with E-state index in [4.69, 9.17) is 4.74 Å². The first-order valence-electron chi connectivity index (χ1n) is 6.93. The van der Waals surface area contributed by atoms with Gasteiger partial charge in [-0.05, 0) is 47.3 Å². The number of likely N-dealkylation sites (tertiary alicyclic amines) is 1. The normalized spacial score (nSPS) is 16.2. The van der Waals surface area contributed by atoms with Crippen molar-refractivity contribution in [3.8, 4) is 0 Å². The molecule has 0 saturated carbocycles. The van der Waals surface area contributed by atoms with Crippen LogP contribution in [0.3, 0.4) is 0 Å². The van der Waals surface area contributed by atoms with Gasteiger partial charge in [0.15, 0.2) is 0 Å². The Kier molecular flexibility index (Phi) is 5.79. The zero-order valence-electron chi connectivity index (χ0n) is 11.6. The molecule has 1 amide bonds. The molecule has 1 aliphatic heterocycles. The zero-order valence-corrected chi connectivity index (χ0v) is 13.2. The molecular weight excluding hydrogens is 322 g/mol. The molecule has 2 heterocycles. The van der Waals surface area contributed by atoms with Gasteiger partial charge in [-0.3, -0.25) is 4.98 Å². The highest BCUT2D eigenvalue weighted by Gasteiger charge is 2.23. The number of piperidine rings is 1. The van der Waals surface area contributed by atoms with E-state index in [1.54, 1.807) is 11.1 Å². The summed E-state index contributed by atoms with van der Waals surface area (Å²) < 4.78 is 6.01. The predicted octanol–water partition coefficient (Wildman–Crippen LogP) is 2.55. The minimum absolute atomic E-state index is 0.192. The fourth-order valence-electron chi connectivity index (χ4n) is 2.30. The molecule has 1 aliphatic rings. The number of nitrogens with zero attached hydrogens (tertiary/aromatic N) is 2. The molecule has 1 aromatic rings. The van der Waals surface area contributed by atoms with E-state index in [-0.39, 0.29) is 6.09 Å². The lowest BCUT2D eigenvalue weighted by atomic mass is 10.1. The van der Waals surface area contributed by atoms with Crippen molar-refractivity contribution in [2.75, 3.05) is 19.7 Å². The second-order valence-electron chi connectivity index (χ2n) is 4.85. The van der Waals surface area contributed by atoms with E-state index in [1.165, 1.54) is 0 Å². The molecule has 0 aliphatic carbocycles. The largest absolute Gasteiger partial charge is 0.450 e. The molecule has 0 bridgehead atoms. The van der Waals surface area contributed by atoms with E-state index in [0.717, 1.165) is 42.5 Å². The van der Waals surface area contributed by atoms with Crippen LogP contribution in [0, 0.1) is 0 Å². The Labute approximate surface area is 127 Å².